The van der Waals surface area contributed by atoms with Crippen LogP contribution in [0.2, 0.25) is 0 Å². The molecule has 6 heteroatoms. The summed E-state index contributed by atoms with van der Waals surface area (Å²) in [5.74, 6) is 0.931. The number of ether oxygens (including phenoxy) is 1. The largest absolute Gasteiger partial charge is 0.488 e. The highest BCUT2D eigenvalue weighted by molar-refractivity contribution is 7.89. The summed E-state index contributed by atoms with van der Waals surface area (Å²) in [6.07, 6.45) is 6.38. The molecule has 184 valence electrons. The number of carbonyl (C=O) groups is 1. The summed E-state index contributed by atoms with van der Waals surface area (Å²) in [4.78, 5) is 16.5. The Morgan fingerprint density at radius 1 is 0.833 bits per heavy atom. The lowest BCUT2D eigenvalue weighted by molar-refractivity contribution is -0.118. The SMILES string of the molecule is CS(=O)(=O)Cc1cccc(-c2ccccc2OCc2ccc(CC(=O)CCc3cccnc3)cc2)c1. The van der Waals surface area contributed by atoms with E-state index in [0.717, 1.165) is 39.1 Å². The first-order valence-corrected chi connectivity index (χ1v) is 13.9. The lowest BCUT2D eigenvalue weighted by Gasteiger charge is -2.13. The molecule has 0 amide bonds. The van der Waals surface area contributed by atoms with Gasteiger partial charge >= 0.3 is 0 Å². The number of para-hydroxylation sites is 1. The Morgan fingerprint density at radius 2 is 1.58 bits per heavy atom. The van der Waals surface area contributed by atoms with E-state index in [4.69, 9.17) is 4.74 Å². The molecule has 0 aliphatic heterocycles. The Labute approximate surface area is 212 Å². The molecule has 0 fully saturated rings. The van der Waals surface area contributed by atoms with Crippen molar-refractivity contribution in [2.75, 3.05) is 6.26 Å². The van der Waals surface area contributed by atoms with Gasteiger partial charge in [-0.2, -0.15) is 0 Å². The van der Waals surface area contributed by atoms with Crippen LogP contribution in [0.25, 0.3) is 11.1 Å². The standard InChI is InChI=1S/C30H29NO4S/c1-36(33,34)22-26-6-4-8-27(18-26)29-9-2-3-10-30(29)35-21-25-13-11-23(12-14-25)19-28(32)16-15-24-7-5-17-31-20-24/h2-14,17-18,20H,15-16,19,21-22H2,1H3. The summed E-state index contributed by atoms with van der Waals surface area (Å²) in [6.45, 7) is 0.384. The van der Waals surface area contributed by atoms with Crippen LogP contribution in [0.4, 0.5) is 0 Å². The minimum atomic E-state index is -3.11. The number of nitrogens with zero attached hydrogens (tertiary/aromatic N) is 1. The fourth-order valence-electron chi connectivity index (χ4n) is 4.02. The molecular formula is C30H29NO4S. The van der Waals surface area contributed by atoms with Crippen molar-refractivity contribution >= 4 is 15.6 Å². The van der Waals surface area contributed by atoms with E-state index in [1.54, 1.807) is 12.4 Å². The molecular weight excluding hydrogens is 470 g/mol. The van der Waals surface area contributed by atoms with Crippen LogP contribution in [-0.2, 0) is 39.8 Å². The van der Waals surface area contributed by atoms with Gasteiger partial charge in [-0.05, 0) is 52.4 Å². The summed E-state index contributed by atoms with van der Waals surface area (Å²) >= 11 is 0. The number of aryl methyl sites for hydroxylation is 1. The van der Waals surface area contributed by atoms with Crippen molar-refractivity contribution in [1.29, 1.82) is 0 Å². The Kier molecular flexibility index (Phi) is 8.28. The average Bonchev–Trinajstić information content (AvgIpc) is 2.87. The maximum atomic E-state index is 12.4. The highest BCUT2D eigenvalue weighted by atomic mass is 32.2. The smallest absolute Gasteiger partial charge is 0.151 e. The van der Waals surface area contributed by atoms with Crippen LogP contribution in [0.1, 0.15) is 28.7 Å². The second-order valence-corrected chi connectivity index (χ2v) is 11.1. The maximum Gasteiger partial charge on any atom is 0.151 e. The minimum Gasteiger partial charge on any atom is -0.488 e. The van der Waals surface area contributed by atoms with E-state index < -0.39 is 9.84 Å². The summed E-state index contributed by atoms with van der Waals surface area (Å²) in [5, 5.41) is 0. The third kappa shape index (κ3) is 7.62. The quantitative estimate of drug-likeness (QED) is 0.268. The molecule has 0 aliphatic rings. The average molecular weight is 500 g/mol. The number of hydrogen-bond acceptors (Lipinski definition) is 5. The summed E-state index contributed by atoms with van der Waals surface area (Å²) in [6, 6.07) is 27.0. The van der Waals surface area contributed by atoms with E-state index in [-0.39, 0.29) is 11.5 Å². The molecule has 0 saturated carbocycles. The zero-order chi connectivity index (χ0) is 25.4. The van der Waals surface area contributed by atoms with Crippen molar-refractivity contribution < 1.29 is 17.9 Å². The molecule has 0 spiro atoms. The molecule has 5 nitrogen and oxygen atoms in total. The van der Waals surface area contributed by atoms with Crippen molar-refractivity contribution in [3.8, 4) is 16.9 Å². The molecule has 0 aliphatic carbocycles. The van der Waals surface area contributed by atoms with Gasteiger partial charge in [0.2, 0.25) is 0 Å². The molecule has 0 N–H and O–H groups in total. The van der Waals surface area contributed by atoms with E-state index in [0.29, 0.717) is 25.9 Å². The maximum absolute atomic E-state index is 12.4. The van der Waals surface area contributed by atoms with Crippen molar-refractivity contribution in [3.05, 3.63) is 120 Å². The van der Waals surface area contributed by atoms with E-state index in [9.17, 15) is 13.2 Å². The second kappa shape index (κ2) is 11.8. The van der Waals surface area contributed by atoms with Gasteiger partial charge in [0, 0.05) is 37.1 Å². The van der Waals surface area contributed by atoms with Crippen LogP contribution < -0.4 is 4.74 Å². The highest BCUT2D eigenvalue weighted by Gasteiger charge is 2.10. The topological polar surface area (TPSA) is 73.3 Å². The fourth-order valence-corrected chi connectivity index (χ4v) is 4.81. The van der Waals surface area contributed by atoms with Gasteiger partial charge in [-0.25, -0.2) is 8.42 Å². The Bertz CT molecular complexity index is 1420. The Morgan fingerprint density at radius 3 is 2.33 bits per heavy atom. The fraction of sp³-hybridized carbons (Fsp3) is 0.200. The van der Waals surface area contributed by atoms with Crippen LogP contribution in [0.3, 0.4) is 0 Å². The van der Waals surface area contributed by atoms with Crippen LogP contribution in [0.5, 0.6) is 5.75 Å². The van der Waals surface area contributed by atoms with Gasteiger partial charge in [-0.15, -0.1) is 0 Å². The van der Waals surface area contributed by atoms with Crippen molar-refractivity contribution in [2.45, 2.75) is 31.6 Å². The van der Waals surface area contributed by atoms with Gasteiger partial charge in [-0.3, -0.25) is 9.78 Å². The van der Waals surface area contributed by atoms with E-state index in [1.807, 2.05) is 84.9 Å². The van der Waals surface area contributed by atoms with Crippen LogP contribution in [-0.4, -0.2) is 25.4 Å². The van der Waals surface area contributed by atoms with Crippen molar-refractivity contribution in [1.82, 2.24) is 4.98 Å². The highest BCUT2D eigenvalue weighted by Crippen LogP contribution is 2.31. The monoisotopic (exact) mass is 499 g/mol. The normalized spacial score (nSPS) is 11.2. The van der Waals surface area contributed by atoms with Gasteiger partial charge in [0.15, 0.2) is 9.84 Å². The number of carbonyl (C=O) groups excluding carboxylic acids is 1. The first-order chi connectivity index (χ1) is 17.4. The number of Topliss-reactive ketones (excluding diaryl/α,β-unsaturated/α-hetero) is 1. The van der Waals surface area contributed by atoms with Gasteiger partial charge in [0.25, 0.3) is 0 Å². The van der Waals surface area contributed by atoms with Crippen LogP contribution in [0, 0.1) is 0 Å². The first kappa shape index (κ1) is 25.3. The zero-order valence-corrected chi connectivity index (χ0v) is 21.1. The van der Waals surface area contributed by atoms with Crippen LogP contribution >= 0.6 is 0 Å². The number of sulfone groups is 1. The van der Waals surface area contributed by atoms with Crippen molar-refractivity contribution in [2.24, 2.45) is 0 Å². The van der Waals surface area contributed by atoms with Crippen molar-refractivity contribution in [3.63, 3.8) is 0 Å². The molecule has 0 atom stereocenters. The first-order valence-electron chi connectivity index (χ1n) is 11.8. The number of aromatic nitrogens is 1. The molecule has 4 aromatic rings. The molecule has 0 bridgehead atoms. The number of rotatable bonds is 11. The number of hydrogen-bond donors (Lipinski definition) is 0. The molecule has 0 unspecified atom stereocenters. The lowest BCUT2D eigenvalue weighted by Crippen LogP contribution is -2.05. The number of benzene rings is 3. The lowest BCUT2D eigenvalue weighted by atomic mass is 10.0. The molecule has 1 heterocycles. The number of pyridine rings is 1. The van der Waals surface area contributed by atoms with E-state index in [1.165, 1.54) is 6.26 Å². The molecule has 3 aromatic carbocycles. The van der Waals surface area contributed by atoms with Gasteiger partial charge in [-0.1, -0.05) is 66.7 Å². The third-order valence-electron chi connectivity index (χ3n) is 5.79. The predicted molar refractivity (Wildman–Crippen MR) is 142 cm³/mol. The van der Waals surface area contributed by atoms with Gasteiger partial charge in [0.1, 0.15) is 18.1 Å². The molecule has 0 saturated heterocycles. The molecule has 0 radical (unpaired) electrons. The summed E-state index contributed by atoms with van der Waals surface area (Å²) in [7, 11) is -3.11. The number of ketones is 1. The summed E-state index contributed by atoms with van der Waals surface area (Å²) < 4.78 is 29.5. The van der Waals surface area contributed by atoms with Gasteiger partial charge in [0.05, 0.1) is 5.75 Å². The van der Waals surface area contributed by atoms with E-state index in [2.05, 4.69) is 4.98 Å². The molecule has 1 aromatic heterocycles. The third-order valence-corrected chi connectivity index (χ3v) is 6.65. The Balaban J connectivity index is 1.36. The van der Waals surface area contributed by atoms with E-state index >= 15 is 0 Å². The molecule has 4 rings (SSSR count). The van der Waals surface area contributed by atoms with Crippen LogP contribution in [0.15, 0.2) is 97.3 Å². The molecule has 36 heavy (non-hydrogen) atoms. The predicted octanol–water partition coefficient (Wildman–Crippen LogP) is 5.62. The second-order valence-electron chi connectivity index (χ2n) is 8.95. The Hall–Kier alpha value is -3.77. The summed E-state index contributed by atoms with van der Waals surface area (Å²) in [5.41, 5.74) is 5.62. The zero-order valence-electron chi connectivity index (χ0n) is 20.3. The van der Waals surface area contributed by atoms with Gasteiger partial charge < -0.3 is 4.74 Å². The minimum absolute atomic E-state index is 0.00216.